The fraction of sp³-hybridized carbons (Fsp3) is 0.419. The number of carbonyl (C=O) groups excluding carboxylic acids is 1. The molecule has 0 aliphatic heterocycles. The minimum atomic E-state index is -3.60. The summed E-state index contributed by atoms with van der Waals surface area (Å²) in [5.41, 5.74) is 2.78. The number of rotatable bonds is 13. The standard InChI is InChI=1S/C31H40N2O6S/c1-7-31(8-2,27-18-16-25(33(27)9-3)29(34)32-28(21(4)5)30(35)36)23-15-17-26(22(6)19-23)39-20-40(37,38)24-13-11-10-12-14-24/h10-19,21,28H,7-9,20H2,1-6H3,(H,32,34)(H,35,36)/t28-/m1/s1. The molecular formula is C31H40N2O6S. The van der Waals surface area contributed by atoms with Crippen LogP contribution in [0, 0.1) is 12.8 Å². The van der Waals surface area contributed by atoms with Gasteiger partial charge in [0.2, 0.25) is 9.84 Å². The van der Waals surface area contributed by atoms with Gasteiger partial charge in [-0.25, -0.2) is 13.2 Å². The molecule has 0 saturated carbocycles. The molecule has 8 nitrogen and oxygen atoms in total. The SMILES string of the molecule is CCn1c(C(=O)N[C@@H](C(=O)O)C(C)C)ccc1C(CC)(CC)c1ccc(OCS(=O)(=O)c2ccccc2)c(C)c1. The number of nitrogens with one attached hydrogen (secondary N) is 1. The summed E-state index contributed by atoms with van der Waals surface area (Å²) in [6, 6.07) is 16.7. The van der Waals surface area contributed by atoms with Crippen LogP contribution in [0.4, 0.5) is 0 Å². The van der Waals surface area contributed by atoms with E-state index in [9.17, 15) is 23.1 Å². The summed E-state index contributed by atoms with van der Waals surface area (Å²) in [7, 11) is -3.60. The van der Waals surface area contributed by atoms with Crippen LogP contribution in [0.1, 0.15) is 74.8 Å². The third-order valence-electron chi connectivity index (χ3n) is 7.65. The number of nitrogens with zero attached hydrogens (tertiary/aromatic N) is 1. The molecular weight excluding hydrogens is 528 g/mol. The maximum absolute atomic E-state index is 13.2. The molecule has 0 aliphatic carbocycles. The Morgan fingerprint density at radius 2 is 1.65 bits per heavy atom. The summed E-state index contributed by atoms with van der Waals surface area (Å²) >= 11 is 0. The molecule has 3 rings (SSSR count). The van der Waals surface area contributed by atoms with E-state index in [1.165, 1.54) is 0 Å². The second kappa shape index (κ2) is 12.7. The fourth-order valence-corrected chi connectivity index (χ4v) is 6.26. The maximum Gasteiger partial charge on any atom is 0.326 e. The highest BCUT2D eigenvalue weighted by Crippen LogP contribution is 2.41. The van der Waals surface area contributed by atoms with Crippen LogP contribution < -0.4 is 10.1 Å². The molecule has 3 aromatic rings. The van der Waals surface area contributed by atoms with Gasteiger partial charge in [-0.15, -0.1) is 0 Å². The number of carboxylic acid groups (broad SMARTS) is 1. The Kier molecular flexibility index (Phi) is 9.84. The van der Waals surface area contributed by atoms with Gasteiger partial charge in [-0.2, -0.15) is 0 Å². The summed E-state index contributed by atoms with van der Waals surface area (Å²) in [6.07, 6.45) is 1.50. The first-order valence-corrected chi connectivity index (χ1v) is 15.3. The summed E-state index contributed by atoms with van der Waals surface area (Å²) in [5, 5.41) is 12.2. The largest absolute Gasteiger partial charge is 0.480 e. The van der Waals surface area contributed by atoms with Crippen molar-refractivity contribution in [3.63, 3.8) is 0 Å². The normalized spacial score (nSPS) is 12.8. The van der Waals surface area contributed by atoms with Gasteiger partial charge in [0, 0.05) is 17.7 Å². The van der Waals surface area contributed by atoms with Crippen LogP contribution in [-0.2, 0) is 26.6 Å². The van der Waals surface area contributed by atoms with Crippen molar-refractivity contribution in [1.29, 1.82) is 0 Å². The van der Waals surface area contributed by atoms with Crippen LogP contribution in [0.25, 0.3) is 0 Å². The maximum atomic E-state index is 13.2. The Bertz CT molecular complexity index is 1440. The third kappa shape index (κ3) is 6.25. The van der Waals surface area contributed by atoms with Crippen molar-refractivity contribution in [3.05, 3.63) is 83.2 Å². The van der Waals surface area contributed by atoms with E-state index in [1.54, 1.807) is 56.3 Å². The molecule has 1 amide bonds. The fourth-order valence-electron chi connectivity index (χ4n) is 5.27. The molecule has 1 heterocycles. The number of aryl methyl sites for hydroxylation is 1. The lowest BCUT2D eigenvalue weighted by Gasteiger charge is -2.34. The van der Waals surface area contributed by atoms with Crippen molar-refractivity contribution in [2.75, 3.05) is 5.94 Å². The Labute approximate surface area is 237 Å². The van der Waals surface area contributed by atoms with E-state index in [0.29, 0.717) is 18.0 Å². The first kappa shape index (κ1) is 30.9. The zero-order valence-corrected chi connectivity index (χ0v) is 24.9. The number of carbonyl (C=O) groups is 2. The molecule has 0 bridgehead atoms. The number of benzene rings is 2. The van der Waals surface area contributed by atoms with Crippen molar-refractivity contribution >= 4 is 21.7 Å². The van der Waals surface area contributed by atoms with Crippen molar-refractivity contribution < 1.29 is 27.9 Å². The van der Waals surface area contributed by atoms with Gasteiger partial charge in [0.15, 0.2) is 5.94 Å². The minimum Gasteiger partial charge on any atom is -0.480 e. The van der Waals surface area contributed by atoms with Crippen LogP contribution in [-0.4, -0.2) is 41.9 Å². The van der Waals surface area contributed by atoms with E-state index in [1.807, 2.05) is 36.6 Å². The molecule has 1 aromatic heterocycles. The highest BCUT2D eigenvalue weighted by molar-refractivity contribution is 7.91. The molecule has 2 aromatic carbocycles. The van der Waals surface area contributed by atoms with Crippen LogP contribution in [0.15, 0.2) is 65.6 Å². The lowest BCUT2D eigenvalue weighted by Crippen LogP contribution is -2.45. The Hall–Kier alpha value is -3.59. The second-order valence-corrected chi connectivity index (χ2v) is 12.3. The number of amides is 1. The molecule has 0 radical (unpaired) electrons. The Morgan fingerprint density at radius 1 is 1.00 bits per heavy atom. The van der Waals surface area contributed by atoms with E-state index in [-0.39, 0.29) is 10.8 Å². The van der Waals surface area contributed by atoms with E-state index >= 15 is 0 Å². The van der Waals surface area contributed by atoms with E-state index < -0.39 is 39.1 Å². The lowest BCUT2D eigenvalue weighted by atomic mass is 9.72. The van der Waals surface area contributed by atoms with Gasteiger partial charge in [0.1, 0.15) is 17.5 Å². The number of hydrogen-bond donors (Lipinski definition) is 2. The average molecular weight is 569 g/mol. The van der Waals surface area contributed by atoms with E-state index in [4.69, 9.17) is 4.74 Å². The first-order chi connectivity index (χ1) is 18.9. The topological polar surface area (TPSA) is 115 Å². The molecule has 40 heavy (non-hydrogen) atoms. The summed E-state index contributed by atoms with van der Waals surface area (Å²) < 4.78 is 33.1. The minimum absolute atomic E-state index is 0.212. The average Bonchev–Trinajstić information content (AvgIpc) is 3.37. The zero-order valence-electron chi connectivity index (χ0n) is 24.1. The van der Waals surface area contributed by atoms with Crippen molar-refractivity contribution in [1.82, 2.24) is 9.88 Å². The van der Waals surface area contributed by atoms with Crippen molar-refractivity contribution in [3.8, 4) is 5.75 Å². The van der Waals surface area contributed by atoms with Gasteiger partial charge in [-0.05, 0) is 74.1 Å². The van der Waals surface area contributed by atoms with E-state index in [2.05, 4.69) is 19.2 Å². The number of sulfone groups is 1. The Balaban J connectivity index is 1.94. The Morgan fingerprint density at radius 3 is 2.17 bits per heavy atom. The summed E-state index contributed by atoms with van der Waals surface area (Å²) in [5.74, 6) is -1.72. The number of hydrogen-bond acceptors (Lipinski definition) is 5. The molecule has 0 unspecified atom stereocenters. The number of carboxylic acids is 1. The predicted molar refractivity (Wildman–Crippen MR) is 155 cm³/mol. The van der Waals surface area contributed by atoms with Gasteiger partial charge in [-0.1, -0.05) is 58.0 Å². The second-order valence-electron chi connectivity index (χ2n) is 10.3. The highest BCUT2D eigenvalue weighted by atomic mass is 32.2. The molecule has 0 saturated heterocycles. The molecule has 0 fully saturated rings. The quantitative estimate of drug-likeness (QED) is 0.279. The number of aromatic nitrogens is 1. The molecule has 9 heteroatoms. The highest BCUT2D eigenvalue weighted by Gasteiger charge is 2.36. The van der Waals surface area contributed by atoms with Crippen LogP contribution >= 0.6 is 0 Å². The number of aliphatic carboxylic acids is 1. The van der Waals surface area contributed by atoms with Gasteiger partial charge < -0.3 is 19.7 Å². The lowest BCUT2D eigenvalue weighted by molar-refractivity contribution is -0.140. The van der Waals surface area contributed by atoms with E-state index in [0.717, 1.165) is 29.7 Å². The molecule has 0 aliphatic rings. The van der Waals surface area contributed by atoms with Crippen LogP contribution in [0.2, 0.25) is 0 Å². The van der Waals surface area contributed by atoms with Gasteiger partial charge in [0.05, 0.1) is 4.90 Å². The first-order valence-electron chi connectivity index (χ1n) is 13.7. The molecule has 0 spiro atoms. The summed E-state index contributed by atoms with van der Waals surface area (Å²) in [6.45, 7) is 12.1. The predicted octanol–water partition coefficient (Wildman–Crippen LogP) is 5.57. The zero-order chi connectivity index (χ0) is 29.7. The van der Waals surface area contributed by atoms with Crippen molar-refractivity contribution in [2.45, 2.75) is 77.3 Å². The monoisotopic (exact) mass is 568 g/mol. The van der Waals surface area contributed by atoms with Gasteiger partial charge >= 0.3 is 5.97 Å². The summed E-state index contributed by atoms with van der Waals surface area (Å²) in [4.78, 5) is 25.1. The van der Waals surface area contributed by atoms with Crippen molar-refractivity contribution in [2.24, 2.45) is 5.92 Å². The smallest absolute Gasteiger partial charge is 0.326 e. The van der Waals surface area contributed by atoms with Crippen LogP contribution in [0.5, 0.6) is 5.75 Å². The molecule has 1 atom stereocenters. The molecule has 2 N–H and O–H groups in total. The van der Waals surface area contributed by atoms with Crippen LogP contribution in [0.3, 0.4) is 0 Å². The number of ether oxygens (including phenoxy) is 1. The third-order valence-corrected chi connectivity index (χ3v) is 9.06. The molecule has 216 valence electrons. The van der Waals surface area contributed by atoms with Gasteiger partial charge in [-0.3, -0.25) is 4.79 Å². The van der Waals surface area contributed by atoms with Gasteiger partial charge in [0.25, 0.3) is 5.91 Å².